The maximum Gasteiger partial charge on any atom is 0.251 e. The zero-order valence-corrected chi connectivity index (χ0v) is 19.3. The van der Waals surface area contributed by atoms with Gasteiger partial charge in [-0.1, -0.05) is 13.8 Å². The van der Waals surface area contributed by atoms with E-state index in [4.69, 9.17) is 9.72 Å². The number of amides is 2. The van der Waals surface area contributed by atoms with Crippen LogP contribution in [0.5, 0.6) is 0 Å². The molecule has 0 aromatic carbocycles. The van der Waals surface area contributed by atoms with Crippen molar-refractivity contribution < 1.29 is 14.3 Å². The first-order chi connectivity index (χ1) is 15.4. The highest BCUT2D eigenvalue weighted by Gasteiger charge is 2.32. The number of likely N-dealkylation sites (tertiary alicyclic amines) is 2. The summed E-state index contributed by atoms with van der Waals surface area (Å²) in [5.41, 5.74) is 0.674. The predicted octanol–water partition coefficient (Wildman–Crippen LogP) is 2.26. The van der Waals surface area contributed by atoms with E-state index in [1.807, 2.05) is 23.6 Å². The number of piperidine rings is 2. The third-order valence-electron chi connectivity index (χ3n) is 7.19. The smallest absolute Gasteiger partial charge is 0.251 e. The quantitative estimate of drug-likeness (QED) is 0.769. The maximum absolute atomic E-state index is 13.0. The van der Waals surface area contributed by atoms with Gasteiger partial charge in [0.25, 0.3) is 5.56 Å². The molecule has 0 aliphatic carbocycles. The largest absolute Gasteiger partial charge is 0.381 e. The number of carbonyl (C=O) groups is 2. The maximum atomic E-state index is 13.0. The van der Waals surface area contributed by atoms with E-state index in [0.717, 1.165) is 56.6 Å². The number of ether oxygens (including phenoxy) is 1. The van der Waals surface area contributed by atoms with Gasteiger partial charge in [-0.25, -0.2) is 4.98 Å². The second-order valence-corrected chi connectivity index (χ2v) is 9.82. The van der Waals surface area contributed by atoms with E-state index in [1.165, 1.54) is 0 Å². The van der Waals surface area contributed by atoms with Crippen LogP contribution >= 0.6 is 0 Å². The zero-order chi connectivity index (χ0) is 22.7. The normalized spacial score (nSPS) is 23.5. The molecule has 8 nitrogen and oxygen atoms in total. The molecule has 1 N–H and O–H groups in total. The van der Waals surface area contributed by atoms with Crippen molar-refractivity contribution in [1.82, 2.24) is 19.8 Å². The molecule has 0 radical (unpaired) electrons. The lowest BCUT2D eigenvalue weighted by molar-refractivity contribution is -0.139. The Morgan fingerprint density at radius 3 is 2.44 bits per heavy atom. The van der Waals surface area contributed by atoms with Crippen LogP contribution in [-0.2, 0) is 14.3 Å². The summed E-state index contributed by atoms with van der Waals surface area (Å²) < 4.78 is 5.40. The second-order valence-electron chi connectivity index (χ2n) is 9.82. The summed E-state index contributed by atoms with van der Waals surface area (Å²) in [6.45, 7) is 7.99. The third kappa shape index (κ3) is 5.22. The Bertz CT molecular complexity index is 869. The molecule has 4 rings (SSSR count). The molecule has 2 amide bonds. The Morgan fingerprint density at radius 1 is 1.03 bits per heavy atom. The zero-order valence-electron chi connectivity index (χ0n) is 19.3. The second kappa shape index (κ2) is 10.1. The number of carbonyl (C=O) groups excluding carboxylic acids is 2. The number of hydrogen-bond donors (Lipinski definition) is 1. The van der Waals surface area contributed by atoms with Crippen LogP contribution in [0.2, 0.25) is 0 Å². The van der Waals surface area contributed by atoms with Gasteiger partial charge in [0.15, 0.2) is 0 Å². The Morgan fingerprint density at radius 2 is 1.75 bits per heavy atom. The molecule has 1 aromatic rings. The van der Waals surface area contributed by atoms with Crippen molar-refractivity contribution in [2.75, 3.05) is 39.4 Å². The van der Waals surface area contributed by atoms with Crippen LogP contribution < -0.4 is 5.56 Å². The van der Waals surface area contributed by atoms with Crippen molar-refractivity contribution in [3.05, 3.63) is 27.9 Å². The van der Waals surface area contributed by atoms with E-state index >= 15 is 0 Å². The number of nitrogens with one attached hydrogen (secondary N) is 1. The molecule has 3 aliphatic heterocycles. The van der Waals surface area contributed by atoms with Crippen LogP contribution in [0.15, 0.2) is 10.9 Å². The van der Waals surface area contributed by atoms with Gasteiger partial charge in [-0.15, -0.1) is 0 Å². The van der Waals surface area contributed by atoms with Gasteiger partial charge in [0.05, 0.1) is 5.69 Å². The van der Waals surface area contributed by atoms with E-state index in [2.05, 4.69) is 4.98 Å². The fraction of sp³-hybridized carbons (Fsp3) is 0.750. The monoisotopic (exact) mass is 444 g/mol. The first kappa shape index (κ1) is 23.0. The minimum atomic E-state index is -0.126. The number of aromatic nitrogens is 2. The topological polar surface area (TPSA) is 95.6 Å². The minimum Gasteiger partial charge on any atom is -0.381 e. The average Bonchev–Trinajstić information content (AvgIpc) is 2.83. The lowest BCUT2D eigenvalue weighted by Gasteiger charge is -2.36. The molecule has 3 fully saturated rings. The number of hydrogen-bond acceptors (Lipinski definition) is 5. The summed E-state index contributed by atoms with van der Waals surface area (Å²) in [6.07, 6.45) is 5.08. The summed E-state index contributed by atoms with van der Waals surface area (Å²) in [6, 6.07) is 1.61. The Kier molecular flexibility index (Phi) is 7.28. The van der Waals surface area contributed by atoms with Crippen molar-refractivity contribution in [1.29, 1.82) is 0 Å². The molecule has 1 aromatic heterocycles. The molecule has 8 heteroatoms. The predicted molar refractivity (Wildman–Crippen MR) is 120 cm³/mol. The fourth-order valence-electron chi connectivity index (χ4n) is 5.26. The first-order valence-electron chi connectivity index (χ1n) is 12.2. The van der Waals surface area contributed by atoms with E-state index in [0.29, 0.717) is 32.8 Å². The van der Waals surface area contributed by atoms with Gasteiger partial charge < -0.3 is 19.5 Å². The summed E-state index contributed by atoms with van der Waals surface area (Å²) >= 11 is 0. The van der Waals surface area contributed by atoms with Gasteiger partial charge in [-0.2, -0.15) is 0 Å². The molecule has 32 heavy (non-hydrogen) atoms. The third-order valence-corrected chi connectivity index (χ3v) is 7.19. The Balaban J connectivity index is 1.43. The molecular weight excluding hydrogens is 408 g/mol. The summed E-state index contributed by atoms with van der Waals surface area (Å²) in [5.74, 6) is 1.46. The van der Waals surface area contributed by atoms with Gasteiger partial charge >= 0.3 is 0 Å². The molecule has 3 aliphatic rings. The fourth-order valence-corrected chi connectivity index (χ4v) is 5.26. The SMILES string of the molecule is CC(C)C(=O)N1CCC(c2nc(C3CCCN(C(=O)C4CCOCC4)C3)cc(=O)[nH]2)CC1. The van der Waals surface area contributed by atoms with Crippen molar-refractivity contribution in [2.24, 2.45) is 11.8 Å². The molecule has 4 heterocycles. The van der Waals surface area contributed by atoms with E-state index < -0.39 is 0 Å². The summed E-state index contributed by atoms with van der Waals surface area (Å²) in [7, 11) is 0. The molecule has 1 atom stereocenters. The van der Waals surface area contributed by atoms with Gasteiger partial charge in [0.1, 0.15) is 5.82 Å². The highest BCUT2D eigenvalue weighted by atomic mass is 16.5. The summed E-state index contributed by atoms with van der Waals surface area (Å²) in [5, 5.41) is 0. The van der Waals surface area contributed by atoms with Crippen molar-refractivity contribution in [3.63, 3.8) is 0 Å². The Hall–Kier alpha value is -2.22. The Labute approximate surface area is 189 Å². The molecule has 176 valence electrons. The number of H-pyrrole nitrogens is 1. The van der Waals surface area contributed by atoms with Gasteiger partial charge in [-0.3, -0.25) is 14.4 Å². The van der Waals surface area contributed by atoms with Gasteiger partial charge in [0, 0.05) is 69.1 Å². The van der Waals surface area contributed by atoms with E-state index in [-0.39, 0.29) is 41.0 Å². The van der Waals surface area contributed by atoms with Gasteiger partial charge in [0.2, 0.25) is 11.8 Å². The van der Waals surface area contributed by atoms with Crippen LogP contribution in [0.1, 0.15) is 75.7 Å². The van der Waals surface area contributed by atoms with E-state index in [9.17, 15) is 14.4 Å². The summed E-state index contributed by atoms with van der Waals surface area (Å²) in [4.78, 5) is 49.4. The lowest BCUT2D eigenvalue weighted by atomic mass is 9.91. The van der Waals surface area contributed by atoms with Crippen LogP contribution in [-0.4, -0.2) is 71.0 Å². The molecule has 1 unspecified atom stereocenters. The van der Waals surface area contributed by atoms with Crippen molar-refractivity contribution in [3.8, 4) is 0 Å². The van der Waals surface area contributed by atoms with Crippen molar-refractivity contribution >= 4 is 11.8 Å². The highest BCUT2D eigenvalue weighted by molar-refractivity contribution is 5.79. The first-order valence-corrected chi connectivity index (χ1v) is 12.2. The average molecular weight is 445 g/mol. The minimum absolute atomic E-state index is 0.00547. The van der Waals surface area contributed by atoms with E-state index in [1.54, 1.807) is 6.07 Å². The van der Waals surface area contributed by atoms with Crippen LogP contribution in [0.3, 0.4) is 0 Å². The molecular formula is C24H36N4O4. The number of aromatic amines is 1. The molecule has 0 saturated carbocycles. The lowest BCUT2D eigenvalue weighted by Crippen LogP contribution is -2.44. The van der Waals surface area contributed by atoms with Crippen LogP contribution in [0.4, 0.5) is 0 Å². The molecule has 3 saturated heterocycles. The van der Waals surface area contributed by atoms with Gasteiger partial charge in [-0.05, 0) is 38.5 Å². The van der Waals surface area contributed by atoms with Crippen molar-refractivity contribution in [2.45, 2.75) is 64.2 Å². The highest BCUT2D eigenvalue weighted by Crippen LogP contribution is 2.30. The number of nitrogens with zero attached hydrogens (tertiary/aromatic N) is 3. The molecule has 0 bridgehead atoms. The standard InChI is InChI=1S/C24H36N4O4/c1-16(2)23(30)27-10-5-17(6-11-27)22-25-20(14-21(29)26-22)19-4-3-9-28(15-19)24(31)18-7-12-32-13-8-18/h14,16-19H,3-13,15H2,1-2H3,(H,25,26,29). The van der Waals surface area contributed by atoms with Crippen LogP contribution in [0.25, 0.3) is 0 Å². The van der Waals surface area contributed by atoms with Crippen LogP contribution in [0, 0.1) is 11.8 Å². The molecule has 0 spiro atoms. The number of rotatable bonds is 4.